The first-order chi connectivity index (χ1) is 8.37. The lowest BCUT2D eigenvalue weighted by atomic mass is 10.0. The first-order valence-electron chi connectivity index (χ1n) is 5.02. The molecule has 18 heavy (non-hydrogen) atoms. The van der Waals surface area contributed by atoms with Crippen LogP contribution < -0.4 is 0 Å². The molecule has 0 amide bonds. The van der Waals surface area contributed by atoms with Gasteiger partial charge < -0.3 is 9.47 Å². The number of fused-ring (bicyclic) bond motifs is 1. The second kappa shape index (κ2) is 4.78. The van der Waals surface area contributed by atoms with Crippen molar-refractivity contribution in [3.8, 4) is 0 Å². The highest BCUT2D eigenvalue weighted by Crippen LogP contribution is 2.31. The molecule has 0 saturated heterocycles. The van der Waals surface area contributed by atoms with Crippen LogP contribution in [0.2, 0.25) is 5.02 Å². The van der Waals surface area contributed by atoms with E-state index in [2.05, 4.69) is 0 Å². The molecule has 0 radical (unpaired) electrons. The van der Waals surface area contributed by atoms with Gasteiger partial charge >= 0.3 is 12.1 Å². The molecule has 0 aliphatic carbocycles. The Labute approximate surface area is 105 Å². The summed E-state index contributed by atoms with van der Waals surface area (Å²) in [5.41, 5.74) is 0.501. The van der Waals surface area contributed by atoms with Gasteiger partial charge in [0.25, 0.3) is 0 Å². The number of ether oxygens (including phenoxy) is 2. The fourth-order valence-electron chi connectivity index (χ4n) is 1.64. The van der Waals surface area contributed by atoms with E-state index >= 15 is 0 Å². The zero-order chi connectivity index (χ0) is 13.3. The number of hydrogen-bond donors (Lipinski definition) is 0. The third-order valence-corrected chi connectivity index (χ3v) is 2.63. The predicted molar refractivity (Wildman–Crippen MR) is 56.5 cm³/mol. The molecular formula is C11H8ClF3O3. The van der Waals surface area contributed by atoms with Crippen molar-refractivity contribution in [3.63, 3.8) is 0 Å². The molecule has 3 nitrogen and oxygen atoms in total. The van der Waals surface area contributed by atoms with Gasteiger partial charge in [0.15, 0.2) is 0 Å². The molecule has 1 aromatic rings. The number of carbonyl (C=O) groups is 1. The molecule has 1 aromatic carbocycles. The van der Waals surface area contributed by atoms with E-state index in [1.807, 2.05) is 0 Å². The van der Waals surface area contributed by atoms with Crippen molar-refractivity contribution in [1.29, 1.82) is 0 Å². The van der Waals surface area contributed by atoms with Crippen molar-refractivity contribution in [1.82, 2.24) is 0 Å². The summed E-state index contributed by atoms with van der Waals surface area (Å²) in [6, 6.07) is 4.31. The third kappa shape index (κ3) is 2.94. The summed E-state index contributed by atoms with van der Waals surface area (Å²) in [7, 11) is 0. The normalized spacial score (nSPS) is 19.3. The fourth-order valence-corrected chi connectivity index (χ4v) is 1.81. The molecule has 0 spiro atoms. The van der Waals surface area contributed by atoms with E-state index in [1.165, 1.54) is 18.2 Å². The first-order valence-corrected chi connectivity index (χ1v) is 5.39. The minimum absolute atomic E-state index is 0.140. The van der Waals surface area contributed by atoms with E-state index in [-0.39, 0.29) is 12.2 Å². The summed E-state index contributed by atoms with van der Waals surface area (Å²) < 4.78 is 45.7. The summed E-state index contributed by atoms with van der Waals surface area (Å²) in [4.78, 5) is 11.4. The molecule has 0 bridgehead atoms. The zero-order valence-electron chi connectivity index (χ0n) is 8.96. The van der Waals surface area contributed by atoms with Crippen LogP contribution in [0, 0.1) is 0 Å². The zero-order valence-corrected chi connectivity index (χ0v) is 9.72. The van der Waals surface area contributed by atoms with Gasteiger partial charge in [-0.1, -0.05) is 17.7 Å². The molecule has 1 atom stereocenters. The van der Waals surface area contributed by atoms with Crippen molar-refractivity contribution in [2.75, 3.05) is 13.2 Å². The summed E-state index contributed by atoms with van der Waals surface area (Å²) in [6.07, 6.45) is -5.34. The Bertz CT molecular complexity index is 473. The Hall–Kier alpha value is -1.27. The molecular weight excluding hydrogens is 273 g/mol. The quantitative estimate of drug-likeness (QED) is 0.781. The van der Waals surface area contributed by atoms with Gasteiger partial charge in [-0.3, -0.25) is 0 Å². The van der Waals surface area contributed by atoms with Crippen LogP contribution >= 0.6 is 11.6 Å². The van der Waals surface area contributed by atoms with Gasteiger partial charge in [0.1, 0.15) is 19.3 Å². The highest BCUT2D eigenvalue weighted by molar-refractivity contribution is 6.31. The van der Waals surface area contributed by atoms with Crippen LogP contribution in [-0.4, -0.2) is 25.4 Å². The Morgan fingerprint density at radius 2 is 2.17 bits per heavy atom. The molecule has 98 valence electrons. The standard InChI is InChI=1S/C11H8ClF3O3/c12-6-1-2-7-8(3-6)10(16)17-4-9(7)18-5-11(13,14)15/h1-3,9H,4-5H2. The van der Waals surface area contributed by atoms with E-state index in [9.17, 15) is 18.0 Å². The summed E-state index contributed by atoms with van der Waals surface area (Å²) in [6.45, 7) is -1.62. The summed E-state index contributed by atoms with van der Waals surface area (Å²) in [5.74, 6) is -0.612. The molecule has 1 unspecified atom stereocenters. The van der Waals surface area contributed by atoms with Crippen molar-refractivity contribution in [2.45, 2.75) is 12.3 Å². The molecule has 0 fully saturated rings. The van der Waals surface area contributed by atoms with Crippen LogP contribution in [0.1, 0.15) is 22.0 Å². The first kappa shape index (κ1) is 13.2. The van der Waals surface area contributed by atoms with Crippen molar-refractivity contribution in [2.24, 2.45) is 0 Å². The average molecular weight is 281 g/mol. The maximum Gasteiger partial charge on any atom is 0.411 e. The molecule has 0 saturated carbocycles. The molecule has 0 aromatic heterocycles. The van der Waals surface area contributed by atoms with E-state index in [0.717, 1.165) is 0 Å². The van der Waals surface area contributed by atoms with E-state index in [0.29, 0.717) is 10.6 Å². The average Bonchev–Trinajstić information content (AvgIpc) is 2.27. The lowest BCUT2D eigenvalue weighted by molar-refractivity contribution is -0.190. The highest BCUT2D eigenvalue weighted by atomic mass is 35.5. The molecule has 1 aliphatic rings. The number of benzene rings is 1. The maximum absolute atomic E-state index is 12.1. The SMILES string of the molecule is O=C1OCC(OCC(F)(F)F)c2ccc(Cl)cc21. The van der Waals surface area contributed by atoms with E-state index < -0.39 is 24.9 Å². The second-order valence-corrected chi connectivity index (χ2v) is 4.18. The highest BCUT2D eigenvalue weighted by Gasteiger charge is 2.33. The predicted octanol–water partition coefficient (Wildman–Crippen LogP) is 3.13. The molecule has 1 aliphatic heterocycles. The van der Waals surface area contributed by atoms with Crippen LogP contribution in [0.5, 0.6) is 0 Å². The Morgan fingerprint density at radius 1 is 1.44 bits per heavy atom. The summed E-state index contributed by atoms with van der Waals surface area (Å²) in [5, 5.41) is 0.308. The van der Waals surface area contributed by atoms with Crippen LogP contribution in [0.25, 0.3) is 0 Å². The van der Waals surface area contributed by atoms with Crippen molar-refractivity contribution >= 4 is 17.6 Å². The summed E-state index contributed by atoms with van der Waals surface area (Å²) >= 11 is 5.71. The second-order valence-electron chi connectivity index (χ2n) is 3.74. The van der Waals surface area contributed by atoms with Crippen LogP contribution in [0.4, 0.5) is 13.2 Å². The molecule has 0 N–H and O–H groups in total. The number of rotatable bonds is 2. The smallest absolute Gasteiger partial charge is 0.411 e. The van der Waals surface area contributed by atoms with Gasteiger partial charge in [-0.15, -0.1) is 0 Å². The number of esters is 1. The van der Waals surface area contributed by atoms with Gasteiger partial charge in [0.2, 0.25) is 0 Å². The Balaban J connectivity index is 2.21. The van der Waals surface area contributed by atoms with E-state index in [1.54, 1.807) is 0 Å². The molecule has 1 heterocycles. The molecule has 2 rings (SSSR count). The number of halogens is 4. The van der Waals surface area contributed by atoms with Gasteiger partial charge in [-0.25, -0.2) is 4.79 Å². The minimum atomic E-state index is -4.42. The van der Waals surface area contributed by atoms with Crippen LogP contribution in [-0.2, 0) is 9.47 Å². The number of alkyl halides is 3. The lowest BCUT2D eigenvalue weighted by Gasteiger charge is -2.25. The largest absolute Gasteiger partial charge is 0.459 e. The van der Waals surface area contributed by atoms with Gasteiger partial charge in [0.05, 0.1) is 5.56 Å². The van der Waals surface area contributed by atoms with Crippen LogP contribution in [0.15, 0.2) is 18.2 Å². The third-order valence-electron chi connectivity index (χ3n) is 2.40. The monoisotopic (exact) mass is 280 g/mol. The number of cyclic esters (lactones) is 1. The van der Waals surface area contributed by atoms with Gasteiger partial charge in [0, 0.05) is 5.02 Å². The number of carbonyl (C=O) groups excluding carboxylic acids is 1. The Morgan fingerprint density at radius 3 is 2.83 bits per heavy atom. The van der Waals surface area contributed by atoms with Gasteiger partial charge in [-0.05, 0) is 17.7 Å². The number of hydrogen-bond acceptors (Lipinski definition) is 3. The van der Waals surface area contributed by atoms with Gasteiger partial charge in [-0.2, -0.15) is 13.2 Å². The van der Waals surface area contributed by atoms with Crippen molar-refractivity contribution < 1.29 is 27.4 Å². The van der Waals surface area contributed by atoms with E-state index in [4.69, 9.17) is 21.1 Å². The lowest BCUT2D eigenvalue weighted by Crippen LogP contribution is -2.27. The topological polar surface area (TPSA) is 35.5 Å². The molecule has 7 heteroatoms. The minimum Gasteiger partial charge on any atom is -0.459 e. The fraction of sp³-hybridized carbons (Fsp3) is 0.364. The maximum atomic E-state index is 12.1. The Kier molecular flexibility index (Phi) is 3.49. The van der Waals surface area contributed by atoms with Crippen molar-refractivity contribution in [3.05, 3.63) is 34.3 Å². The van der Waals surface area contributed by atoms with Crippen LogP contribution in [0.3, 0.4) is 0 Å².